The molecule has 1 aromatic carbocycles. The maximum atomic E-state index is 13.7. The molecular weight excluding hydrogens is 607 g/mol. The number of hydrogen-bond acceptors (Lipinski definition) is 13. The van der Waals surface area contributed by atoms with E-state index in [1.165, 1.54) is 14.0 Å². The Morgan fingerprint density at radius 1 is 0.810 bits per heavy atom. The molecule has 11 nitrogen and oxygen atoms in total. The molecule has 0 bridgehead atoms. The quantitative estimate of drug-likeness (QED) is 0.329. The van der Waals surface area contributed by atoms with Gasteiger partial charge in [0.2, 0.25) is 5.91 Å². The standard InChI is InChI=1S/C28H29NO10S3/c1-9-39-15-12-10-11-14-16-22(27(3,4)29(13(2)30)18(14)15)40-19(24(32)36-6)17(23(31)35-5)28(16)41-20(25(33)37-7)21(42-28)26(34)38-8/h10-12H,9H2,1-8H3. The molecule has 1 aromatic rings. The summed E-state index contributed by atoms with van der Waals surface area (Å²) in [6, 6.07) is 5.22. The largest absolute Gasteiger partial charge is 0.492 e. The highest BCUT2D eigenvalue weighted by molar-refractivity contribution is 8.26. The van der Waals surface area contributed by atoms with Crippen molar-refractivity contribution in [2.45, 2.75) is 37.3 Å². The van der Waals surface area contributed by atoms with Gasteiger partial charge in [0.05, 0.1) is 51.8 Å². The van der Waals surface area contributed by atoms with Crippen LogP contribution in [0.25, 0.3) is 5.57 Å². The minimum absolute atomic E-state index is 0.112. The number of anilines is 1. The summed E-state index contributed by atoms with van der Waals surface area (Å²) >= 11 is 2.71. The number of ether oxygens (including phenoxy) is 5. The normalized spacial score (nSPS) is 18.3. The Balaban J connectivity index is 2.20. The molecule has 0 atom stereocenters. The van der Waals surface area contributed by atoms with Gasteiger partial charge in [-0.1, -0.05) is 47.4 Å². The van der Waals surface area contributed by atoms with Crippen molar-refractivity contribution in [3.05, 3.63) is 49.0 Å². The maximum absolute atomic E-state index is 13.7. The lowest BCUT2D eigenvalue weighted by Crippen LogP contribution is -2.53. The third-order valence-electron chi connectivity index (χ3n) is 6.74. The molecule has 0 unspecified atom stereocenters. The van der Waals surface area contributed by atoms with Crippen LogP contribution in [0.2, 0.25) is 0 Å². The molecule has 3 heterocycles. The first-order valence-corrected chi connectivity index (χ1v) is 15.0. The Kier molecular flexibility index (Phi) is 8.82. The van der Waals surface area contributed by atoms with Crippen LogP contribution in [0.15, 0.2) is 43.4 Å². The number of methoxy groups -OCH3 is 4. The SMILES string of the molecule is CCOc1cccc2c1N(C(C)=O)C(C)(C)C1=C2C2(SC(C(=O)OC)=C(C(=O)OC)S2)C(C(=O)OC)=C(C(=O)OC)S1. The Morgan fingerprint density at radius 3 is 1.81 bits per heavy atom. The van der Waals surface area contributed by atoms with Crippen molar-refractivity contribution in [3.63, 3.8) is 0 Å². The number of carbonyl (C=O) groups excluding carboxylic acids is 5. The number of carbonyl (C=O) groups is 5. The van der Waals surface area contributed by atoms with E-state index in [1.54, 1.807) is 36.9 Å². The van der Waals surface area contributed by atoms with Crippen molar-refractivity contribution in [2.24, 2.45) is 0 Å². The summed E-state index contributed by atoms with van der Waals surface area (Å²) in [5.41, 5.74) is 0.165. The Hall–Kier alpha value is -3.36. The van der Waals surface area contributed by atoms with Crippen LogP contribution in [0.5, 0.6) is 5.75 Å². The smallest absolute Gasteiger partial charge is 0.345 e. The van der Waals surface area contributed by atoms with Crippen LogP contribution in [0.3, 0.4) is 0 Å². The van der Waals surface area contributed by atoms with Crippen LogP contribution in [0.4, 0.5) is 5.69 Å². The molecular formula is C28H29NO10S3. The lowest BCUT2D eigenvalue weighted by atomic mass is 9.83. The number of amides is 1. The summed E-state index contributed by atoms with van der Waals surface area (Å²) in [6.45, 7) is 7.14. The average molecular weight is 636 g/mol. The maximum Gasteiger partial charge on any atom is 0.345 e. The van der Waals surface area contributed by atoms with Crippen LogP contribution < -0.4 is 9.64 Å². The van der Waals surface area contributed by atoms with Crippen molar-refractivity contribution < 1.29 is 47.7 Å². The fourth-order valence-electron chi connectivity index (χ4n) is 5.14. The topological polar surface area (TPSA) is 135 Å². The zero-order valence-electron chi connectivity index (χ0n) is 24.2. The Morgan fingerprint density at radius 2 is 1.33 bits per heavy atom. The van der Waals surface area contributed by atoms with Crippen molar-refractivity contribution in [1.29, 1.82) is 0 Å². The van der Waals surface area contributed by atoms with E-state index < -0.39 is 33.5 Å². The molecule has 1 amide bonds. The van der Waals surface area contributed by atoms with Gasteiger partial charge in [0.15, 0.2) is 0 Å². The third kappa shape index (κ3) is 4.69. The Labute approximate surface area is 255 Å². The molecule has 3 aliphatic heterocycles. The van der Waals surface area contributed by atoms with Crippen LogP contribution in [0.1, 0.15) is 33.3 Å². The van der Waals surface area contributed by atoms with Crippen LogP contribution in [0, 0.1) is 0 Å². The third-order valence-corrected chi connectivity index (χ3v) is 11.4. The Bertz CT molecular complexity index is 1480. The van der Waals surface area contributed by atoms with E-state index in [1.807, 2.05) is 6.92 Å². The van der Waals surface area contributed by atoms with Gasteiger partial charge in [0, 0.05) is 23.0 Å². The molecule has 1 spiro atoms. The number of thioether (sulfide) groups is 3. The zero-order valence-corrected chi connectivity index (χ0v) is 26.6. The van der Waals surface area contributed by atoms with Gasteiger partial charge in [-0.15, -0.1) is 0 Å². The van der Waals surface area contributed by atoms with Gasteiger partial charge in [-0.25, -0.2) is 19.2 Å². The summed E-state index contributed by atoms with van der Waals surface area (Å²) < 4.78 is 24.6. The minimum Gasteiger partial charge on any atom is -0.492 e. The van der Waals surface area contributed by atoms with Gasteiger partial charge in [-0.3, -0.25) is 9.69 Å². The first kappa shape index (κ1) is 31.6. The van der Waals surface area contributed by atoms with Gasteiger partial charge in [-0.2, -0.15) is 0 Å². The highest BCUT2D eigenvalue weighted by Crippen LogP contribution is 2.71. The molecule has 3 aliphatic rings. The van der Waals surface area contributed by atoms with Gasteiger partial charge >= 0.3 is 23.9 Å². The minimum atomic E-state index is -1.65. The van der Waals surface area contributed by atoms with Crippen molar-refractivity contribution >= 4 is 76.3 Å². The zero-order chi connectivity index (χ0) is 31.1. The average Bonchev–Trinajstić information content (AvgIpc) is 3.35. The lowest BCUT2D eigenvalue weighted by molar-refractivity contribution is -0.138. The van der Waals surface area contributed by atoms with Gasteiger partial charge in [-0.05, 0) is 26.8 Å². The molecule has 0 aromatic heterocycles. The molecule has 0 radical (unpaired) electrons. The fourth-order valence-corrected chi connectivity index (χ4v) is 10.2. The predicted molar refractivity (Wildman–Crippen MR) is 159 cm³/mol. The first-order valence-electron chi connectivity index (χ1n) is 12.6. The molecule has 4 rings (SSSR count). The van der Waals surface area contributed by atoms with Gasteiger partial charge in [0.1, 0.15) is 24.5 Å². The van der Waals surface area contributed by atoms with E-state index in [4.69, 9.17) is 23.7 Å². The molecule has 0 aliphatic carbocycles. The fraction of sp³-hybridized carbons (Fsp3) is 0.393. The summed E-state index contributed by atoms with van der Waals surface area (Å²) in [5.74, 6) is -3.27. The first-order chi connectivity index (χ1) is 19.9. The van der Waals surface area contributed by atoms with Crippen molar-refractivity contribution in [1.82, 2.24) is 0 Å². The van der Waals surface area contributed by atoms with E-state index >= 15 is 0 Å². The summed E-state index contributed by atoms with van der Waals surface area (Å²) in [5, 5.41) is 0. The molecule has 42 heavy (non-hydrogen) atoms. The van der Waals surface area contributed by atoms with Crippen molar-refractivity contribution in [3.8, 4) is 5.75 Å². The van der Waals surface area contributed by atoms with Crippen LogP contribution >= 0.6 is 35.3 Å². The summed E-state index contributed by atoms with van der Waals surface area (Å²) in [6.07, 6.45) is 0. The lowest BCUT2D eigenvalue weighted by Gasteiger charge is -2.50. The number of fused-ring (bicyclic) bond motifs is 3. The monoisotopic (exact) mass is 635 g/mol. The summed E-state index contributed by atoms with van der Waals surface area (Å²) in [7, 11) is 4.66. The molecule has 0 fully saturated rings. The number of benzene rings is 1. The van der Waals surface area contributed by atoms with E-state index in [0.717, 1.165) is 56.6 Å². The molecule has 0 saturated carbocycles. The van der Waals surface area contributed by atoms with Gasteiger partial charge < -0.3 is 23.7 Å². The van der Waals surface area contributed by atoms with E-state index in [0.29, 0.717) is 34.1 Å². The highest BCUT2D eigenvalue weighted by atomic mass is 32.2. The second-order valence-corrected chi connectivity index (χ2v) is 13.2. The highest BCUT2D eigenvalue weighted by Gasteiger charge is 2.62. The molecule has 0 N–H and O–H groups in total. The number of para-hydroxylation sites is 1. The van der Waals surface area contributed by atoms with E-state index in [2.05, 4.69) is 0 Å². The van der Waals surface area contributed by atoms with E-state index in [-0.39, 0.29) is 26.2 Å². The number of nitrogens with zero attached hydrogens (tertiary/aromatic N) is 1. The molecule has 0 saturated heterocycles. The second-order valence-electron chi connectivity index (χ2n) is 9.45. The van der Waals surface area contributed by atoms with Crippen molar-refractivity contribution in [2.75, 3.05) is 39.9 Å². The summed E-state index contributed by atoms with van der Waals surface area (Å²) in [4.78, 5) is 68.1. The second kappa shape index (κ2) is 11.7. The molecule has 224 valence electrons. The number of rotatable bonds is 6. The van der Waals surface area contributed by atoms with E-state index in [9.17, 15) is 24.0 Å². The van der Waals surface area contributed by atoms with Crippen LogP contribution in [-0.2, 0) is 42.9 Å². The molecule has 14 heteroatoms. The number of hydrogen-bond donors (Lipinski definition) is 0. The predicted octanol–water partition coefficient (Wildman–Crippen LogP) is 4.02. The van der Waals surface area contributed by atoms with Gasteiger partial charge in [0.25, 0.3) is 0 Å². The number of esters is 4. The van der Waals surface area contributed by atoms with Crippen LogP contribution in [-0.4, -0.2) is 74.4 Å².